The summed E-state index contributed by atoms with van der Waals surface area (Å²) in [5.74, 6) is 0.830. The minimum Gasteiger partial charge on any atom is -0.490 e. The predicted octanol–water partition coefficient (Wildman–Crippen LogP) is 5.65. The van der Waals surface area contributed by atoms with Crippen LogP contribution in [0, 0.1) is 10.1 Å². The predicted molar refractivity (Wildman–Crippen MR) is 145 cm³/mol. The van der Waals surface area contributed by atoms with Crippen molar-refractivity contribution in [2.75, 3.05) is 30.5 Å². The Kier molecular flexibility index (Phi) is 7.51. The van der Waals surface area contributed by atoms with Gasteiger partial charge in [0.05, 0.1) is 22.1 Å². The van der Waals surface area contributed by atoms with Gasteiger partial charge in [0.25, 0.3) is 11.6 Å². The number of ether oxygens (including phenoxy) is 2. The van der Waals surface area contributed by atoms with Crippen molar-refractivity contribution in [2.45, 2.75) is 6.92 Å². The third-order valence-corrected chi connectivity index (χ3v) is 6.43. The summed E-state index contributed by atoms with van der Waals surface area (Å²) < 4.78 is 12.0. The molecule has 1 aliphatic heterocycles. The molecule has 1 aromatic heterocycles. The summed E-state index contributed by atoms with van der Waals surface area (Å²) in [6, 6.07) is 15.6. The zero-order valence-electron chi connectivity index (χ0n) is 19.7. The molecule has 0 atom stereocenters. The summed E-state index contributed by atoms with van der Waals surface area (Å²) in [7, 11) is 3.90. The molecule has 0 saturated carbocycles. The second kappa shape index (κ2) is 10.8. The van der Waals surface area contributed by atoms with Crippen LogP contribution in [-0.4, -0.2) is 40.8 Å². The first-order chi connectivity index (χ1) is 17.3. The van der Waals surface area contributed by atoms with Crippen LogP contribution in [0.15, 0.2) is 65.7 Å². The number of carbonyl (C=O) groups is 1. The highest BCUT2D eigenvalue weighted by molar-refractivity contribution is 8.27. The first-order valence-electron chi connectivity index (χ1n) is 10.9. The molecule has 4 rings (SSSR count). The zero-order valence-corrected chi connectivity index (χ0v) is 21.3. The molecule has 0 N–H and O–H groups in total. The van der Waals surface area contributed by atoms with E-state index >= 15 is 0 Å². The van der Waals surface area contributed by atoms with Crippen molar-refractivity contribution in [2.24, 2.45) is 0 Å². The van der Waals surface area contributed by atoms with Crippen LogP contribution in [0.3, 0.4) is 0 Å². The standard InChI is InChI=1S/C25H22N4O5S2/c1-4-33-21-13-16(5-11-20(21)34-23-12-10-19(15-26-23)29(31)32)14-22-24(30)28(25(35)36-22)18-8-6-17(7-9-18)27(2)3/h5-15H,4H2,1-3H3/b22-14-. The van der Waals surface area contributed by atoms with Crippen LogP contribution >= 0.6 is 24.0 Å². The molecule has 1 amide bonds. The molecular weight excluding hydrogens is 500 g/mol. The largest absolute Gasteiger partial charge is 0.490 e. The Morgan fingerprint density at radius 1 is 1.14 bits per heavy atom. The summed E-state index contributed by atoms with van der Waals surface area (Å²) in [4.78, 5) is 31.4. The molecule has 3 aromatic rings. The summed E-state index contributed by atoms with van der Waals surface area (Å²) in [6.07, 6.45) is 2.88. The van der Waals surface area contributed by atoms with E-state index in [0.29, 0.717) is 33.0 Å². The Labute approximate surface area is 217 Å². The molecule has 11 heteroatoms. The maximum Gasteiger partial charge on any atom is 0.287 e. The van der Waals surface area contributed by atoms with Crippen LogP contribution in [0.4, 0.5) is 17.1 Å². The Hall–Kier alpha value is -3.96. The van der Waals surface area contributed by atoms with E-state index in [0.717, 1.165) is 17.4 Å². The molecule has 36 heavy (non-hydrogen) atoms. The molecule has 2 aromatic carbocycles. The normalized spacial score (nSPS) is 14.3. The Balaban J connectivity index is 1.56. The fourth-order valence-electron chi connectivity index (χ4n) is 3.36. The second-order valence-electron chi connectivity index (χ2n) is 7.78. The Morgan fingerprint density at radius 3 is 2.50 bits per heavy atom. The van der Waals surface area contributed by atoms with Crippen molar-refractivity contribution in [3.8, 4) is 17.4 Å². The van der Waals surface area contributed by atoms with E-state index < -0.39 is 4.92 Å². The van der Waals surface area contributed by atoms with Crippen LogP contribution in [0.25, 0.3) is 6.08 Å². The first kappa shape index (κ1) is 25.1. The highest BCUT2D eigenvalue weighted by Crippen LogP contribution is 2.38. The number of anilines is 2. The van der Waals surface area contributed by atoms with Gasteiger partial charge in [0.1, 0.15) is 6.20 Å². The van der Waals surface area contributed by atoms with Gasteiger partial charge in [0.2, 0.25) is 5.88 Å². The average molecular weight is 523 g/mol. The first-order valence-corrected chi connectivity index (χ1v) is 12.1. The van der Waals surface area contributed by atoms with Gasteiger partial charge >= 0.3 is 0 Å². The molecule has 1 aliphatic rings. The molecule has 1 fully saturated rings. The molecule has 0 spiro atoms. The van der Waals surface area contributed by atoms with Crippen LogP contribution in [-0.2, 0) is 4.79 Å². The van der Waals surface area contributed by atoms with Crippen molar-refractivity contribution in [1.29, 1.82) is 0 Å². The van der Waals surface area contributed by atoms with Gasteiger partial charge in [0, 0.05) is 31.9 Å². The van der Waals surface area contributed by atoms with Crippen LogP contribution in [0.5, 0.6) is 17.4 Å². The van der Waals surface area contributed by atoms with Crippen molar-refractivity contribution in [3.05, 3.63) is 81.4 Å². The number of carbonyl (C=O) groups excluding carboxylic acids is 1. The fourth-order valence-corrected chi connectivity index (χ4v) is 4.66. The zero-order chi connectivity index (χ0) is 25.8. The monoisotopic (exact) mass is 522 g/mol. The molecule has 2 heterocycles. The summed E-state index contributed by atoms with van der Waals surface area (Å²) in [5, 5.41) is 10.8. The fraction of sp³-hybridized carbons (Fsp3) is 0.160. The smallest absolute Gasteiger partial charge is 0.287 e. The van der Waals surface area contributed by atoms with Crippen LogP contribution in [0.2, 0.25) is 0 Å². The van der Waals surface area contributed by atoms with Crippen molar-refractivity contribution in [1.82, 2.24) is 4.98 Å². The number of nitrogens with zero attached hydrogens (tertiary/aromatic N) is 4. The van der Waals surface area contributed by atoms with Gasteiger partial charge in [-0.15, -0.1) is 0 Å². The molecule has 0 aliphatic carbocycles. The number of aromatic nitrogens is 1. The maximum absolute atomic E-state index is 13.2. The van der Waals surface area contributed by atoms with Gasteiger partial charge < -0.3 is 14.4 Å². The topological polar surface area (TPSA) is 98.0 Å². The number of nitro groups is 1. The van der Waals surface area contributed by atoms with E-state index in [2.05, 4.69) is 4.98 Å². The SMILES string of the molecule is CCOc1cc(/C=C2\SC(=S)N(c3ccc(N(C)C)cc3)C2=O)ccc1Oc1ccc([N+](=O)[O-])cn1. The number of thioether (sulfide) groups is 1. The van der Waals surface area contributed by atoms with E-state index in [9.17, 15) is 14.9 Å². The number of thiocarbonyl (C=S) groups is 1. The third kappa shape index (κ3) is 5.47. The van der Waals surface area contributed by atoms with Crippen molar-refractivity contribution < 1.29 is 19.2 Å². The lowest BCUT2D eigenvalue weighted by Gasteiger charge is -2.17. The molecule has 0 unspecified atom stereocenters. The lowest BCUT2D eigenvalue weighted by atomic mass is 10.1. The van der Waals surface area contributed by atoms with E-state index in [4.69, 9.17) is 21.7 Å². The molecular formula is C25H22N4O5S2. The molecule has 184 valence electrons. The van der Waals surface area contributed by atoms with Gasteiger partial charge in [-0.2, -0.15) is 0 Å². The average Bonchev–Trinajstić information content (AvgIpc) is 3.13. The number of amides is 1. The minimum atomic E-state index is -0.529. The van der Waals surface area contributed by atoms with E-state index in [1.54, 1.807) is 24.3 Å². The number of benzene rings is 2. The summed E-state index contributed by atoms with van der Waals surface area (Å²) in [6.45, 7) is 2.23. The second-order valence-corrected chi connectivity index (χ2v) is 9.46. The van der Waals surface area contributed by atoms with Gasteiger partial charge in [-0.25, -0.2) is 4.98 Å². The lowest BCUT2D eigenvalue weighted by molar-refractivity contribution is -0.385. The van der Waals surface area contributed by atoms with Crippen LogP contribution < -0.4 is 19.3 Å². The van der Waals surface area contributed by atoms with Gasteiger partial charge in [-0.3, -0.25) is 19.8 Å². The summed E-state index contributed by atoms with van der Waals surface area (Å²) in [5.41, 5.74) is 2.33. The van der Waals surface area contributed by atoms with Crippen molar-refractivity contribution >= 4 is 57.3 Å². The Morgan fingerprint density at radius 2 is 1.89 bits per heavy atom. The number of rotatable bonds is 8. The lowest BCUT2D eigenvalue weighted by Crippen LogP contribution is -2.27. The van der Waals surface area contributed by atoms with Crippen LogP contribution in [0.1, 0.15) is 12.5 Å². The highest BCUT2D eigenvalue weighted by atomic mass is 32.2. The number of hydrogen-bond acceptors (Lipinski definition) is 9. The Bertz CT molecular complexity index is 1340. The quantitative estimate of drug-likeness (QED) is 0.161. The van der Waals surface area contributed by atoms with E-state index in [1.807, 2.05) is 50.2 Å². The molecule has 0 radical (unpaired) electrons. The molecule has 9 nitrogen and oxygen atoms in total. The minimum absolute atomic E-state index is 0.131. The molecule has 1 saturated heterocycles. The highest BCUT2D eigenvalue weighted by Gasteiger charge is 2.33. The van der Waals surface area contributed by atoms with Gasteiger partial charge in [-0.05, 0) is 55.0 Å². The molecule has 0 bridgehead atoms. The number of pyridine rings is 1. The number of hydrogen-bond donors (Lipinski definition) is 0. The van der Waals surface area contributed by atoms with Gasteiger partial charge in [0.15, 0.2) is 15.8 Å². The third-order valence-electron chi connectivity index (χ3n) is 5.13. The summed E-state index contributed by atoms with van der Waals surface area (Å²) >= 11 is 6.72. The van der Waals surface area contributed by atoms with E-state index in [1.165, 1.54) is 28.8 Å². The maximum atomic E-state index is 13.2. The van der Waals surface area contributed by atoms with Crippen molar-refractivity contribution in [3.63, 3.8) is 0 Å². The van der Waals surface area contributed by atoms with Gasteiger partial charge in [-0.1, -0.05) is 30.0 Å². The van der Waals surface area contributed by atoms with E-state index in [-0.39, 0.29) is 17.5 Å².